The van der Waals surface area contributed by atoms with Gasteiger partial charge in [-0.2, -0.15) is 13.2 Å². The van der Waals surface area contributed by atoms with Gasteiger partial charge in [-0.15, -0.1) is 0 Å². The second kappa shape index (κ2) is 4.75. The van der Waals surface area contributed by atoms with E-state index in [0.29, 0.717) is 0 Å². The summed E-state index contributed by atoms with van der Waals surface area (Å²) in [5, 5.41) is 2.51. The fraction of sp³-hybridized carbons (Fsp3) is 0.429. The van der Waals surface area contributed by atoms with E-state index in [1.165, 1.54) is 32.9 Å². The predicted molar refractivity (Wildman–Crippen MR) is 70.8 cm³/mol. The summed E-state index contributed by atoms with van der Waals surface area (Å²) in [7, 11) is 0. The van der Waals surface area contributed by atoms with Gasteiger partial charge in [0.25, 0.3) is 5.91 Å². The van der Waals surface area contributed by atoms with Crippen LogP contribution in [0.2, 0.25) is 0 Å². The number of piperazine rings is 1. The molecule has 1 aromatic rings. The number of hydrogen-bond donors (Lipinski definition) is 1. The number of aryl methyl sites for hydroxylation is 1. The van der Waals surface area contributed by atoms with Gasteiger partial charge < -0.3 is 10.2 Å². The number of carbonyl (C=O) groups excluding carboxylic acids is 2. The molecule has 0 bridgehead atoms. The standard InChI is InChI=1S/C14H15F3N2O2/c1-8-4-5-9(6-10(8)14(15,16)17)19-7-11(20)18-13(2,3)12(19)21/h4-6H,7H2,1-3H3,(H,18,20). The van der Waals surface area contributed by atoms with Gasteiger partial charge in [-0.25, -0.2) is 0 Å². The minimum absolute atomic E-state index is 0.0689. The van der Waals surface area contributed by atoms with E-state index in [-0.39, 0.29) is 17.8 Å². The topological polar surface area (TPSA) is 49.4 Å². The number of amides is 2. The molecule has 2 rings (SSSR count). The molecule has 1 aliphatic heterocycles. The van der Waals surface area contributed by atoms with Gasteiger partial charge in [0.2, 0.25) is 5.91 Å². The number of rotatable bonds is 1. The van der Waals surface area contributed by atoms with Crippen molar-refractivity contribution in [3.05, 3.63) is 29.3 Å². The Hall–Kier alpha value is -2.05. The summed E-state index contributed by atoms with van der Waals surface area (Å²) in [4.78, 5) is 25.0. The van der Waals surface area contributed by atoms with Crippen molar-refractivity contribution in [3.8, 4) is 0 Å². The van der Waals surface area contributed by atoms with Crippen LogP contribution >= 0.6 is 0 Å². The van der Waals surface area contributed by atoms with E-state index in [1.807, 2.05) is 0 Å². The van der Waals surface area contributed by atoms with Crippen molar-refractivity contribution in [2.24, 2.45) is 0 Å². The normalized spacial score (nSPS) is 18.7. The molecule has 0 atom stereocenters. The zero-order valence-electron chi connectivity index (χ0n) is 11.8. The monoisotopic (exact) mass is 300 g/mol. The maximum atomic E-state index is 12.9. The summed E-state index contributed by atoms with van der Waals surface area (Å²) in [6.07, 6.45) is -4.50. The van der Waals surface area contributed by atoms with Gasteiger partial charge in [-0.05, 0) is 38.5 Å². The van der Waals surface area contributed by atoms with Gasteiger partial charge in [-0.1, -0.05) is 6.07 Å². The maximum absolute atomic E-state index is 12.9. The molecule has 114 valence electrons. The Morgan fingerprint density at radius 1 is 1.24 bits per heavy atom. The first kappa shape index (κ1) is 15.3. The molecule has 0 unspecified atom stereocenters. The molecule has 0 spiro atoms. The van der Waals surface area contributed by atoms with Crippen molar-refractivity contribution in [2.75, 3.05) is 11.4 Å². The average molecular weight is 300 g/mol. The molecule has 4 nitrogen and oxygen atoms in total. The number of alkyl halides is 3. The zero-order valence-corrected chi connectivity index (χ0v) is 11.8. The van der Waals surface area contributed by atoms with Crippen molar-refractivity contribution < 1.29 is 22.8 Å². The molecule has 0 radical (unpaired) electrons. The summed E-state index contributed by atoms with van der Waals surface area (Å²) >= 11 is 0. The fourth-order valence-electron chi connectivity index (χ4n) is 2.29. The second-order valence-electron chi connectivity index (χ2n) is 5.56. The van der Waals surface area contributed by atoms with Crippen molar-refractivity contribution in [2.45, 2.75) is 32.5 Å². The lowest BCUT2D eigenvalue weighted by Crippen LogP contribution is -2.64. The summed E-state index contributed by atoms with van der Waals surface area (Å²) in [6.45, 7) is 4.08. The third-order valence-electron chi connectivity index (χ3n) is 3.37. The van der Waals surface area contributed by atoms with E-state index in [4.69, 9.17) is 0 Å². The average Bonchev–Trinajstić information content (AvgIpc) is 2.32. The first-order valence-electron chi connectivity index (χ1n) is 6.33. The van der Waals surface area contributed by atoms with E-state index in [1.54, 1.807) is 0 Å². The molecule has 2 amide bonds. The third kappa shape index (κ3) is 2.86. The molecule has 1 N–H and O–H groups in total. The van der Waals surface area contributed by atoms with Crippen LogP contribution in [0.4, 0.5) is 18.9 Å². The van der Waals surface area contributed by atoms with Crippen LogP contribution in [-0.4, -0.2) is 23.9 Å². The predicted octanol–water partition coefficient (Wildman–Crippen LogP) is 2.26. The summed E-state index contributed by atoms with van der Waals surface area (Å²) in [6, 6.07) is 3.62. The first-order valence-corrected chi connectivity index (χ1v) is 6.33. The molecular weight excluding hydrogens is 285 g/mol. The largest absolute Gasteiger partial charge is 0.416 e. The van der Waals surface area contributed by atoms with Crippen molar-refractivity contribution in [1.29, 1.82) is 0 Å². The van der Waals surface area contributed by atoms with Crippen LogP contribution in [0.5, 0.6) is 0 Å². The molecule has 1 saturated heterocycles. The van der Waals surface area contributed by atoms with Gasteiger partial charge >= 0.3 is 6.18 Å². The van der Waals surface area contributed by atoms with Crippen LogP contribution in [0.25, 0.3) is 0 Å². The lowest BCUT2D eigenvalue weighted by Gasteiger charge is -2.37. The van der Waals surface area contributed by atoms with Gasteiger partial charge in [0, 0.05) is 5.69 Å². The Bertz CT molecular complexity index is 609. The summed E-state index contributed by atoms with van der Waals surface area (Å²) < 4.78 is 38.8. The van der Waals surface area contributed by atoms with E-state index < -0.39 is 29.1 Å². The Kier molecular flexibility index (Phi) is 3.47. The molecule has 0 aromatic heterocycles. The number of carbonyl (C=O) groups is 2. The van der Waals surface area contributed by atoms with Gasteiger partial charge in [0.15, 0.2) is 0 Å². The van der Waals surface area contributed by atoms with Crippen LogP contribution in [0.15, 0.2) is 18.2 Å². The number of nitrogens with zero attached hydrogens (tertiary/aromatic N) is 1. The van der Waals surface area contributed by atoms with Crippen LogP contribution in [-0.2, 0) is 15.8 Å². The highest BCUT2D eigenvalue weighted by Crippen LogP contribution is 2.35. The van der Waals surface area contributed by atoms with Gasteiger partial charge in [0.1, 0.15) is 12.1 Å². The summed E-state index contributed by atoms with van der Waals surface area (Å²) in [5.41, 5.74) is -1.81. The Morgan fingerprint density at radius 3 is 2.43 bits per heavy atom. The number of benzene rings is 1. The Balaban J connectivity index is 2.47. The molecule has 1 aliphatic rings. The molecule has 21 heavy (non-hydrogen) atoms. The highest BCUT2D eigenvalue weighted by atomic mass is 19.4. The minimum Gasteiger partial charge on any atom is -0.341 e. The molecular formula is C14H15F3N2O2. The quantitative estimate of drug-likeness (QED) is 0.865. The highest BCUT2D eigenvalue weighted by Gasteiger charge is 2.40. The van der Waals surface area contributed by atoms with Crippen molar-refractivity contribution >= 4 is 17.5 Å². The smallest absolute Gasteiger partial charge is 0.341 e. The molecule has 0 aliphatic carbocycles. The SMILES string of the molecule is Cc1ccc(N2CC(=O)NC(C)(C)C2=O)cc1C(F)(F)F. The number of halogens is 3. The van der Waals surface area contributed by atoms with Crippen LogP contribution in [0.1, 0.15) is 25.0 Å². The number of nitrogens with one attached hydrogen (secondary N) is 1. The molecule has 1 heterocycles. The maximum Gasteiger partial charge on any atom is 0.416 e. The van der Waals surface area contributed by atoms with E-state index in [2.05, 4.69) is 5.32 Å². The Morgan fingerprint density at radius 2 is 1.86 bits per heavy atom. The highest BCUT2D eigenvalue weighted by molar-refractivity contribution is 6.08. The molecule has 1 fully saturated rings. The molecule has 7 heteroatoms. The Labute approximate surface area is 119 Å². The number of anilines is 1. The molecule has 0 saturated carbocycles. The second-order valence-corrected chi connectivity index (χ2v) is 5.56. The van der Waals surface area contributed by atoms with E-state index >= 15 is 0 Å². The van der Waals surface area contributed by atoms with Crippen LogP contribution in [0, 0.1) is 6.92 Å². The van der Waals surface area contributed by atoms with Crippen molar-refractivity contribution in [3.63, 3.8) is 0 Å². The van der Waals surface area contributed by atoms with E-state index in [0.717, 1.165) is 11.0 Å². The van der Waals surface area contributed by atoms with Gasteiger partial charge in [0.05, 0.1) is 5.56 Å². The molecule has 1 aromatic carbocycles. The third-order valence-corrected chi connectivity index (χ3v) is 3.37. The zero-order chi connectivity index (χ0) is 16.0. The summed E-state index contributed by atoms with van der Waals surface area (Å²) in [5.74, 6) is -0.854. The minimum atomic E-state index is -4.50. The van der Waals surface area contributed by atoms with Crippen LogP contribution in [0.3, 0.4) is 0 Å². The number of hydrogen-bond acceptors (Lipinski definition) is 2. The fourth-order valence-corrected chi connectivity index (χ4v) is 2.29. The van der Waals surface area contributed by atoms with Gasteiger partial charge in [-0.3, -0.25) is 9.59 Å². The lowest BCUT2D eigenvalue weighted by molar-refractivity contribution is -0.138. The first-order chi connectivity index (χ1) is 9.52. The van der Waals surface area contributed by atoms with Crippen LogP contribution < -0.4 is 10.2 Å². The lowest BCUT2D eigenvalue weighted by atomic mass is 9.99. The van der Waals surface area contributed by atoms with E-state index in [9.17, 15) is 22.8 Å². The van der Waals surface area contributed by atoms with Crippen molar-refractivity contribution in [1.82, 2.24) is 5.32 Å².